The zero-order valence-corrected chi connectivity index (χ0v) is 7.56. The van der Waals surface area contributed by atoms with Crippen molar-refractivity contribution in [3.05, 3.63) is 16.2 Å². The number of hydrogen-bond acceptors (Lipinski definition) is 4. The molecular formula is C5H4IN5. The molecular weight excluding hydrogens is 257 g/mol. The molecule has 6 heteroatoms. The van der Waals surface area contributed by atoms with Gasteiger partial charge in [0.05, 0.1) is 12.4 Å². The second-order valence-electron chi connectivity index (χ2n) is 2.01. The molecule has 0 aliphatic rings. The van der Waals surface area contributed by atoms with Gasteiger partial charge in [0.1, 0.15) is 5.82 Å². The molecule has 2 rings (SSSR count). The van der Waals surface area contributed by atoms with E-state index in [1.165, 1.54) is 0 Å². The molecule has 0 aliphatic carbocycles. The molecule has 2 aromatic rings. The van der Waals surface area contributed by atoms with Crippen molar-refractivity contribution >= 4 is 34.1 Å². The summed E-state index contributed by atoms with van der Waals surface area (Å²) in [6.45, 7) is 0. The van der Waals surface area contributed by atoms with Crippen molar-refractivity contribution in [3.63, 3.8) is 0 Å². The Morgan fingerprint density at radius 3 is 3.09 bits per heavy atom. The van der Waals surface area contributed by atoms with E-state index in [4.69, 9.17) is 5.73 Å². The molecule has 56 valence electrons. The van der Waals surface area contributed by atoms with E-state index in [1.54, 1.807) is 16.8 Å². The van der Waals surface area contributed by atoms with Crippen LogP contribution in [0.1, 0.15) is 0 Å². The Hall–Kier alpha value is -0.920. The molecule has 0 saturated heterocycles. The average molecular weight is 261 g/mol. The molecule has 11 heavy (non-hydrogen) atoms. The van der Waals surface area contributed by atoms with Crippen molar-refractivity contribution in [2.45, 2.75) is 0 Å². The summed E-state index contributed by atoms with van der Waals surface area (Å²) in [6.07, 6.45) is 3.28. The van der Waals surface area contributed by atoms with Crippen LogP contribution in [-0.2, 0) is 0 Å². The van der Waals surface area contributed by atoms with Crippen molar-refractivity contribution in [2.24, 2.45) is 0 Å². The molecule has 5 nitrogen and oxygen atoms in total. The molecule has 0 bridgehead atoms. The summed E-state index contributed by atoms with van der Waals surface area (Å²) >= 11 is 2.08. The minimum Gasteiger partial charge on any atom is -0.382 e. The van der Waals surface area contributed by atoms with Gasteiger partial charge in [-0.05, 0) is 0 Å². The molecule has 2 aromatic heterocycles. The maximum atomic E-state index is 5.46. The molecule has 0 unspecified atom stereocenters. The van der Waals surface area contributed by atoms with Crippen LogP contribution in [0, 0.1) is 3.83 Å². The quantitative estimate of drug-likeness (QED) is 0.693. The summed E-state index contributed by atoms with van der Waals surface area (Å²) < 4.78 is 2.56. The summed E-state index contributed by atoms with van der Waals surface area (Å²) in [5, 5.41) is 7.69. The topological polar surface area (TPSA) is 69.1 Å². The van der Waals surface area contributed by atoms with Crippen LogP contribution in [-0.4, -0.2) is 19.6 Å². The van der Waals surface area contributed by atoms with E-state index in [0.717, 1.165) is 3.83 Å². The lowest BCUT2D eigenvalue weighted by molar-refractivity contribution is 1.05. The van der Waals surface area contributed by atoms with Gasteiger partial charge in [0.15, 0.2) is 9.48 Å². The highest BCUT2D eigenvalue weighted by Crippen LogP contribution is 2.06. The third kappa shape index (κ3) is 1.02. The largest absolute Gasteiger partial charge is 0.382 e. The van der Waals surface area contributed by atoms with Gasteiger partial charge < -0.3 is 5.73 Å². The van der Waals surface area contributed by atoms with Crippen LogP contribution in [0.5, 0.6) is 0 Å². The maximum absolute atomic E-state index is 5.46. The molecule has 0 atom stereocenters. The number of rotatable bonds is 0. The van der Waals surface area contributed by atoms with Crippen LogP contribution in [0.3, 0.4) is 0 Å². The summed E-state index contributed by atoms with van der Waals surface area (Å²) in [7, 11) is 0. The van der Waals surface area contributed by atoms with Gasteiger partial charge in [0, 0.05) is 22.6 Å². The Kier molecular flexibility index (Phi) is 1.41. The fourth-order valence-electron chi connectivity index (χ4n) is 0.789. The van der Waals surface area contributed by atoms with Crippen LogP contribution in [0.4, 0.5) is 5.82 Å². The van der Waals surface area contributed by atoms with E-state index in [0.29, 0.717) is 11.5 Å². The van der Waals surface area contributed by atoms with Crippen LogP contribution in [0.2, 0.25) is 0 Å². The normalized spacial score (nSPS) is 10.6. The summed E-state index contributed by atoms with van der Waals surface area (Å²) in [6, 6.07) is 0. The molecule has 0 aliphatic heterocycles. The van der Waals surface area contributed by atoms with Crippen molar-refractivity contribution in [1.29, 1.82) is 0 Å². The van der Waals surface area contributed by atoms with Gasteiger partial charge in [0.25, 0.3) is 0 Å². The molecule has 2 N–H and O–H groups in total. The van der Waals surface area contributed by atoms with E-state index in [9.17, 15) is 0 Å². The van der Waals surface area contributed by atoms with Gasteiger partial charge in [-0.1, -0.05) is 0 Å². The minimum absolute atomic E-state index is 0.468. The lowest BCUT2D eigenvalue weighted by Crippen LogP contribution is -1.94. The lowest BCUT2D eigenvalue weighted by atomic mass is 10.6. The fourth-order valence-corrected chi connectivity index (χ4v) is 1.28. The highest BCUT2D eigenvalue weighted by Gasteiger charge is 2.00. The van der Waals surface area contributed by atoms with Crippen molar-refractivity contribution in [1.82, 2.24) is 19.6 Å². The number of nitrogens with two attached hydrogens (primary N) is 1. The van der Waals surface area contributed by atoms with Gasteiger partial charge >= 0.3 is 0 Å². The highest BCUT2D eigenvalue weighted by molar-refractivity contribution is 14.1. The van der Waals surface area contributed by atoms with E-state index in [1.807, 2.05) is 0 Å². The molecule has 0 radical (unpaired) electrons. The predicted octanol–water partition coefficient (Wildman–Crippen LogP) is 0.311. The Balaban J connectivity index is 2.87. The van der Waals surface area contributed by atoms with Crippen LogP contribution in [0.25, 0.3) is 5.65 Å². The first kappa shape index (κ1) is 6.77. The summed E-state index contributed by atoms with van der Waals surface area (Å²) in [5.74, 6) is 0.468. The standard InChI is InChI=1S/C5H4IN5/c6-5-10-9-4-1-8-3(7)2-11(4)5/h1-2H,7H2. The second-order valence-corrected chi connectivity index (χ2v) is 2.97. The first-order chi connectivity index (χ1) is 5.27. The molecule has 0 fully saturated rings. The SMILES string of the molecule is Nc1cn2c(I)nnc2cn1. The van der Waals surface area contributed by atoms with E-state index in [2.05, 4.69) is 37.8 Å². The average Bonchev–Trinajstić information content (AvgIpc) is 2.33. The maximum Gasteiger partial charge on any atom is 0.198 e. The van der Waals surface area contributed by atoms with Gasteiger partial charge in [-0.15, -0.1) is 10.2 Å². The first-order valence-corrected chi connectivity index (χ1v) is 3.97. The van der Waals surface area contributed by atoms with Crippen LogP contribution >= 0.6 is 22.6 Å². The van der Waals surface area contributed by atoms with Crippen molar-refractivity contribution < 1.29 is 0 Å². The monoisotopic (exact) mass is 261 g/mol. The van der Waals surface area contributed by atoms with Gasteiger partial charge in [-0.25, -0.2) is 4.98 Å². The predicted molar refractivity (Wildman–Crippen MR) is 47.9 cm³/mol. The molecule has 0 amide bonds. The Labute approximate surface area is 75.8 Å². The number of nitrogen functional groups attached to an aromatic ring is 1. The van der Waals surface area contributed by atoms with Gasteiger partial charge in [-0.3, -0.25) is 4.40 Å². The third-order valence-corrected chi connectivity index (χ3v) is 2.01. The Bertz CT molecular complexity index is 395. The summed E-state index contributed by atoms with van der Waals surface area (Å²) in [5.41, 5.74) is 6.17. The number of aromatic nitrogens is 4. The van der Waals surface area contributed by atoms with Gasteiger partial charge in [0.2, 0.25) is 0 Å². The number of halogens is 1. The number of hydrogen-bond donors (Lipinski definition) is 1. The van der Waals surface area contributed by atoms with Gasteiger partial charge in [-0.2, -0.15) is 0 Å². The molecule has 0 spiro atoms. The van der Waals surface area contributed by atoms with Crippen molar-refractivity contribution in [3.8, 4) is 0 Å². The zero-order valence-electron chi connectivity index (χ0n) is 5.40. The minimum atomic E-state index is 0.468. The van der Waals surface area contributed by atoms with E-state index in [-0.39, 0.29) is 0 Å². The van der Waals surface area contributed by atoms with Crippen molar-refractivity contribution in [2.75, 3.05) is 5.73 Å². The van der Waals surface area contributed by atoms with E-state index >= 15 is 0 Å². The van der Waals surface area contributed by atoms with Crippen LogP contribution in [0.15, 0.2) is 12.4 Å². The Morgan fingerprint density at radius 2 is 2.27 bits per heavy atom. The number of fused-ring (bicyclic) bond motifs is 1. The number of nitrogens with zero attached hydrogens (tertiary/aromatic N) is 4. The number of anilines is 1. The lowest BCUT2D eigenvalue weighted by Gasteiger charge is -1.93. The van der Waals surface area contributed by atoms with E-state index < -0.39 is 0 Å². The third-order valence-electron chi connectivity index (χ3n) is 1.27. The highest BCUT2D eigenvalue weighted by atomic mass is 127. The summed E-state index contributed by atoms with van der Waals surface area (Å²) in [4.78, 5) is 3.87. The molecule has 2 heterocycles. The molecule has 0 aromatic carbocycles. The zero-order chi connectivity index (χ0) is 7.84. The fraction of sp³-hybridized carbons (Fsp3) is 0. The smallest absolute Gasteiger partial charge is 0.198 e. The molecule has 0 saturated carbocycles. The van der Waals surface area contributed by atoms with Crippen LogP contribution < -0.4 is 5.73 Å². The Morgan fingerprint density at radius 1 is 1.45 bits per heavy atom. The second kappa shape index (κ2) is 2.29. The first-order valence-electron chi connectivity index (χ1n) is 2.89.